The van der Waals surface area contributed by atoms with E-state index in [2.05, 4.69) is 5.32 Å². The smallest absolute Gasteiger partial charge is 0.335 e. The van der Waals surface area contributed by atoms with Crippen molar-refractivity contribution in [2.45, 2.75) is 56.8 Å². The van der Waals surface area contributed by atoms with Crippen molar-refractivity contribution in [2.24, 2.45) is 5.92 Å². The molecule has 2 N–H and O–H groups in total. The quantitative estimate of drug-likeness (QED) is 0.823. The number of sulfone groups is 1. The minimum absolute atomic E-state index is 0.0384. The predicted octanol–water partition coefficient (Wildman–Crippen LogP) is 1.98. The molecule has 0 aromatic carbocycles. The van der Waals surface area contributed by atoms with Crippen molar-refractivity contribution in [3.05, 3.63) is 0 Å². The fourth-order valence-corrected chi connectivity index (χ4v) is 4.65. The highest BCUT2D eigenvalue weighted by molar-refractivity contribution is 7.91. The molecule has 1 atom stereocenters. The van der Waals surface area contributed by atoms with Crippen LogP contribution in [-0.4, -0.2) is 44.2 Å². The Morgan fingerprint density at radius 3 is 2.09 bits per heavy atom. The van der Waals surface area contributed by atoms with Crippen molar-refractivity contribution < 1.29 is 26.4 Å². The zero-order chi connectivity index (χ0) is 16.4. The van der Waals surface area contributed by atoms with E-state index in [9.17, 15) is 26.4 Å². The molecule has 22 heavy (non-hydrogen) atoms. The van der Waals surface area contributed by atoms with Gasteiger partial charge in [-0.15, -0.1) is 0 Å². The van der Waals surface area contributed by atoms with Gasteiger partial charge in [0.05, 0.1) is 11.5 Å². The van der Waals surface area contributed by atoms with Gasteiger partial charge in [-0.1, -0.05) is 12.8 Å². The molecule has 9 heteroatoms. The second-order valence-corrected chi connectivity index (χ2v) is 8.41. The highest BCUT2D eigenvalue weighted by Gasteiger charge is 2.46. The van der Waals surface area contributed by atoms with Crippen molar-refractivity contribution in [2.75, 3.05) is 11.5 Å². The Labute approximate surface area is 127 Å². The van der Waals surface area contributed by atoms with Crippen LogP contribution in [0, 0.1) is 5.92 Å². The summed E-state index contributed by atoms with van der Waals surface area (Å²) in [6, 6.07) is -3.08. The number of alkyl halides is 3. The minimum Gasteiger partial charge on any atom is -0.335 e. The number of halogens is 3. The Hall–Kier alpha value is -0.990. The molecule has 1 saturated carbocycles. The molecule has 128 valence electrons. The first kappa shape index (κ1) is 17.4. The molecule has 2 amide bonds. The molecule has 0 bridgehead atoms. The first-order valence-corrected chi connectivity index (χ1v) is 9.34. The number of rotatable bonds is 3. The van der Waals surface area contributed by atoms with E-state index >= 15 is 0 Å². The largest absolute Gasteiger partial charge is 0.408 e. The maximum Gasteiger partial charge on any atom is 0.408 e. The minimum atomic E-state index is -4.47. The number of carbonyl (C=O) groups is 1. The lowest BCUT2D eigenvalue weighted by molar-refractivity contribution is -0.164. The Kier molecular flexibility index (Phi) is 5.24. The van der Waals surface area contributed by atoms with E-state index in [-0.39, 0.29) is 30.4 Å². The lowest BCUT2D eigenvalue weighted by atomic mass is 9.98. The van der Waals surface area contributed by atoms with Crippen LogP contribution in [0.25, 0.3) is 0 Å². The fraction of sp³-hybridized carbons (Fsp3) is 0.923. The third kappa shape index (κ3) is 4.76. The van der Waals surface area contributed by atoms with Crippen LogP contribution >= 0.6 is 0 Å². The van der Waals surface area contributed by atoms with E-state index < -0.39 is 34.0 Å². The Morgan fingerprint density at radius 1 is 1.05 bits per heavy atom. The Morgan fingerprint density at radius 2 is 1.59 bits per heavy atom. The van der Waals surface area contributed by atoms with Crippen molar-refractivity contribution in [1.29, 1.82) is 0 Å². The number of urea groups is 1. The fourth-order valence-electron chi connectivity index (χ4n) is 3.16. The van der Waals surface area contributed by atoms with Gasteiger partial charge in [0, 0.05) is 6.04 Å². The number of hydrogen-bond acceptors (Lipinski definition) is 3. The molecule has 1 heterocycles. The van der Waals surface area contributed by atoms with Crippen LogP contribution in [-0.2, 0) is 9.84 Å². The van der Waals surface area contributed by atoms with Gasteiger partial charge in [0.25, 0.3) is 0 Å². The summed E-state index contributed by atoms with van der Waals surface area (Å²) in [6.45, 7) is 0. The monoisotopic (exact) mass is 342 g/mol. The lowest BCUT2D eigenvalue weighted by Crippen LogP contribution is -2.55. The second-order valence-electron chi connectivity index (χ2n) is 6.11. The zero-order valence-electron chi connectivity index (χ0n) is 12.2. The molecule has 0 radical (unpaired) electrons. The number of nitrogens with one attached hydrogen (secondary N) is 2. The standard InChI is InChI=1S/C13H21F3N2O3S/c14-13(15,16)11(9-3-1-2-4-9)18-12(19)17-10-5-7-22(20,21)8-6-10/h9-11H,1-8H2,(H2,17,18,19). The molecule has 2 fully saturated rings. The molecule has 5 nitrogen and oxygen atoms in total. The summed E-state index contributed by atoms with van der Waals surface area (Å²) in [5, 5.41) is 4.51. The number of hydrogen-bond donors (Lipinski definition) is 2. The molecular weight excluding hydrogens is 321 g/mol. The maximum atomic E-state index is 13.1. The van der Waals surface area contributed by atoms with E-state index in [1.165, 1.54) is 0 Å². The summed E-state index contributed by atoms with van der Waals surface area (Å²) in [5.41, 5.74) is 0. The van der Waals surface area contributed by atoms with Gasteiger partial charge in [0.1, 0.15) is 15.9 Å². The maximum absolute atomic E-state index is 13.1. The van der Waals surface area contributed by atoms with Gasteiger partial charge in [0.15, 0.2) is 0 Å². The van der Waals surface area contributed by atoms with E-state index in [1.54, 1.807) is 0 Å². The van der Waals surface area contributed by atoms with Gasteiger partial charge >= 0.3 is 12.2 Å². The SMILES string of the molecule is O=C(NC1CCS(=O)(=O)CC1)NC(C1CCCC1)C(F)(F)F. The van der Waals surface area contributed by atoms with E-state index in [1.807, 2.05) is 5.32 Å². The molecule has 2 aliphatic rings. The van der Waals surface area contributed by atoms with Crippen LogP contribution < -0.4 is 10.6 Å². The average molecular weight is 342 g/mol. The van der Waals surface area contributed by atoms with Crippen molar-refractivity contribution >= 4 is 15.9 Å². The number of amides is 2. The topological polar surface area (TPSA) is 75.3 Å². The van der Waals surface area contributed by atoms with Crippen molar-refractivity contribution in [1.82, 2.24) is 10.6 Å². The summed E-state index contributed by atoms with van der Waals surface area (Å²) in [4.78, 5) is 11.8. The highest BCUT2D eigenvalue weighted by Crippen LogP contribution is 2.35. The van der Waals surface area contributed by atoms with Crippen LogP contribution in [0.3, 0.4) is 0 Å². The lowest BCUT2D eigenvalue weighted by Gasteiger charge is -2.29. The summed E-state index contributed by atoms with van der Waals surface area (Å²) < 4.78 is 61.8. The van der Waals surface area contributed by atoms with Gasteiger partial charge in [-0.25, -0.2) is 13.2 Å². The highest BCUT2D eigenvalue weighted by atomic mass is 32.2. The van der Waals surface area contributed by atoms with Crippen LogP contribution in [0.4, 0.5) is 18.0 Å². The first-order valence-electron chi connectivity index (χ1n) is 7.51. The second kappa shape index (κ2) is 6.64. The molecule has 2 rings (SSSR count). The molecular formula is C13H21F3N2O3S. The molecule has 0 aromatic heterocycles. The van der Waals surface area contributed by atoms with Crippen LogP contribution in [0.5, 0.6) is 0 Å². The van der Waals surface area contributed by atoms with Crippen LogP contribution in [0.1, 0.15) is 38.5 Å². The van der Waals surface area contributed by atoms with Gasteiger partial charge in [-0.2, -0.15) is 13.2 Å². The van der Waals surface area contributed by atoms with E-state index in [0.717, 1.165) is 12.8 Å². The van der Waals surface area contributed by atoms with Crippen LogP contribution in [0.2, 0.25) is 0 Å². The van der Waals surface area contributed by atoms with Gasteiger partial charge in [-0.3, -0.25) is 0 Å². The summed E-state index contributed by atoms with van der Waals surface area (Å²) in [7, 11) is -3.06. The number of carbonyl (C=O) groups excluding carboxylic acids is 1. The zero-order valence-corrected chi connectivity index (χ0v) is 13.0. The van der Waals surface area contributed by atoms with Gasteiger partial charge in [0.2, 0.25) is 0 Å². The molecule has 1 aliphatic carbocycles. The third-order valence-electron chi connectivity index (χ3n) is 4.40. The molecule has 0 aromatic rings. The molecule has 0 spiro atoms. The summed E-state index contributed by atoms with van der Waals surface area (Å²) in [5.74, 6) is -0.649. The van der Waals surface area contributed by atoms with E-state index in [0.29, 0.717) is 12.8 Å². The Bertz CT molecular complexity index is 487. The van der Waals surface area contributed by atoms with Crippen molar-refractivity contribution in [3.8, 4) is 0 Å². The predicted molar refractivity (Wildman–Crippen MR) is 75.1 cm³/mol. The summed E-state index contributed by atoms with van der Waals surface area (Å²) in [6.07, 6.45) is -1.55. The first-order chi connectivity index (χ1) is 10.2. The van der Waals surface area contributed by atoms with E-state index in [4.69, 9.17) is 0 Å². The average Bonchev–Trinajstić information content (AvgIpc) is 2.91. The normalized spacial score (nSPS) is 24.9. The van der Waals surface area contributed by atoms with Crippen LogP contribution in [0.15, 0.2) is 0 Å². The Balaban J connectivity index is 1.88. The third-order valence-corrected chi connectivity index (χ3v) is 6.12. The van der Waals surface area contributed by atoms with Gasteiger partial charge in [-0.05, 0) is 31.6 Å². The summed E-state index contributed by atoms with van der Waals surface area (Å²) >= 11 is 0. The molecule has 1 unspecified atom stereocenters. The van der Waals surface area contributed by atoms with Gasteiger partial charge < -0.3 is 10.6 Å². The van der Waals surface area contributed by atoms with Crippen molar-refractivity contribution in [3.63, 3.8) is 0 Å². The molecule has 1 saturated heterocycles. The molecule has 1 aliphatic heterocycles.